The molecule has 1 aromatic carbocycles. The molecule has 0 atom stereocenters. The highest BCUT2D eigenvalue weighted by atomic mass is 14.9. The average Bonchev–Trinajstić information content (AvgIpc) is 2.39. The second-order valence-corrected chi connectivity index (χ2v) is 5.27. The zero-order chi connectivity index (χ0) is 13.1. The zero-order valence-corrected chi connectivity index (χ0v) is 12.2. The topological polar surface area (TPSA) is 12.0 Å². The second-order valence-electron chi connectivity index (χ2n) is 5.27. The van der Waals surface area contributed by atoms with Crippen LogP contribution in [0.5, 0.6) is 0 Å². The predicted molar refractivity (Wildman–Crippen MR) is 82.3 cm³/mol. The Balaban J connectivity index is 1.91. The van der Waals surface area contributed by atoms with Crippen molar-refractivity contribution in [2.75, 3.05) is 11.9 Å². The first-order valence-corrected chi connectivity index (χ1v) is 7.63. The third-order valence-electron chi connectivity index (χ3n) is 3.41. The van der Waals surface area contributed by atoms with Crippen molar-refractivity contribution in [3.63, 3.8) is 0 Å². The molecule has 0 radical (unpaired) electrons. The fourth-order valence-corrected chi connectivity index (χ4v) is 2.16. The number of aryl methyl sites for hydroxylation is 1. The average molecular weight is 247 g/mol. The van der Waals surface area contributed by atoms with Crippen molar-refractivity contribution in [3.8, 4) is 0 Å². The van der Waals surface area contributed by atoms with Crippen molar-refractivity contribution in [2.24, 2.45) is 0 Å². The van der Waals surface area contributed by atoms with Crippen LogP contribution in [0.2, 0.25) is 0 Å². The fourth-order valence-electron chi connectivity index (χ4n) is 2.16. The standard InChI is InChI=1S/C17H29N/c1-3-4-5-6-7-8-9-10-15-18-17-13-11-16(2)12-14-17/h11-14,18H,3-10,15H2,1-2H3. The Hall–Kier alpha value is -0.980. The van der Waals surface area contributed by atoms with Crippen molar-refractivity contribution in [2.45, 2.75) is 65.2 Å². The van der Waals surface area contributed by atoms with E-state index in [9.17, 15) is 0 Å². The van der Waals surface area contributed by atoms with E-state index in [0.29, 0.717) is 0 Å². The van der Waals surface area contributed by atoms with Crippen molar-refractivity contribution in [3.05, 3.63) is 29.8 Å². The Morgan fingerprint density at radius 3 is 1.94 bits per heavy atom. The van der Waals surface area contributed by atoms with Crippen molar-refractivity contribution in [1.82, 2.24) is 0 Å². The number of nitrogens with one attached hydrogen (secondary N) is 1. The highest BCUT2D eigenvalue weighted by Crippen LogP contribution is 2.10. The maximum absolute atomic E-state index is 3.48. The molecular weight excluding hydrogens is 218 g/mol. The van der Waals surface area contributed by atoms with E-state index in [1.165, 1.54) is 62.6 Å². The molecule has 1 nitrogen and oxygen atoms in total. The lowest BCUT2D eigenvalue weighted by Crippen LogP contribution is -2.01. The van der Waals surface area contributed by atoms with Gasteiger partial charge < -0.3 is 5.32 Å². The van der Waals surface area contributed by atoms with Gasteiger partial charge in [-0.25, -0.2) is 0 Å². The molecule has 1 aromatic rings. The summed E-state index contributed by atoms with van der Waals surface area (Å²) in [7, 11) is 0. The second kappa shape index (κ2) is 9.99. The molecule has 0 aliphatic carbocycles. The maximum atomic E-state index is 3.48. The van der Waals surface area contributed by atoms with Gasteiger partial charge in [-0.3, -0.25) is 0 Å². The number of unbranched alkanes of at least 4 members (excludes halogenated alkanes) is 7. The van der Waals surface area contributed by atoms with Crippen molar-refractivity contribution >= 4 is 5.69 Å². The van der Waals surface area contributed by atoms with Gasteiger partial charge in [-0.2, -0.15) is 0 Å². The first-order chi connectivity index (χ1) is 8.83. The summed E-state index contributed by atoms with van der Waals surface area (Å²) < 4.78 is 0. The lowest BCUT2D eigenvalue weighted by Gasteiger charge is -2.06. The van der Waals surface area contributed by atoms with Crippen LogP contribution in [-0.4, -0.2) is 6.54 Å². The molecule has 0 saturated heterocycles. The highest BCUT2D eigenvalue weighted by Gasteiger charge is 1.93. The van der Waals surface area contributed by atoms with E-state index < -0.39 is 0 Å². The van der Waals surface area contributed by atoms with Gasteiger partial charge >= 0.3 is 0 Å². The number of anilines is 1. The van der Waals surface area contributed by atoms with E-state index in [1.807, 2.05) is 0 Å². The van der Waals surface area contributed by atoms with Crippen LogP contribution in [0, 0.1) is 6.92 Å². The van der Waals surface area contributed by atoms with Gasteiger partial charge in [0.1, 0.15) is 0 Å². The Labute approximate surface area is 113 Å². The summed E-state index contributed by atoms with van der Waals surface area (Å²) in [5.41, 5.74) is 2.58. The van der Waals surface area contributed by atoms with E-state index in [2.05, 4.69) is 43.4 Å². The first kappa shape index (κ1) is 15.1. The molecule has 1 rings (SSSR count). The summed E-state index contributed by atoms with van der Waals surface area (Å²) in [5, 5.41) is 3.48. The summed E-state index contributed by atoms with van der Waals surface area (Å²) in [4.78, 5) is 0. The summed E-state index contributed by atoms with van der Waals surface area (Å²) in [6, 6.07) is 8.66. The van der Waals surface area contributed by atoms with Crippen LogP contribution in [0.15, 0.2) is 24.3 Å². The molecule has 102 valence electrons. The molecular formula is C17H29N. The van der Waals surface area contributed by atoms with Crippen LogP contribution in [-0.2, 0) is 0 Å². The number of benzene rings is 1. The third kappa shape index (κ3) is 7.37. The lowest BCUT2D eigenvalue weighted by atomic mass is 10.1. The summed E-state index contributed by atoms with van der Waals surface area (Å²) in [6.07, 6.45) is 11.1. The molecule has 0 aliphatic heterocycles. The number of hydrogen-bond acceptors (Lipinski definition) is 1. The molecule has 1 N–H and O–H groups in total. The normalized spacial score (nSPS) is 10.6. The van der Waals surface area contributed by atoms with E-state index in [1.54, 1.807) is 0 Å². The molecule has 0 amide bonds. The molecule has 18 heavy (non-hydrogen) atoms. The van der Waals surface area contributed by atoms with Gasteiger partial charge in [0.15, 0.2) is 0 Å². The molecule has 0 aliphatic rings. The van der Waals surface area contributed by atoms with Gasteiger partial charge in [-0.1, -0.05) is 69.6 Å². The summed E-state index contributed by atoms with van der Waals surface area (Å²) in [6.45, 7) is 5.51. The van der Waals surface area contributed by atoms with Crippen molar-refractivity contribution in [1.29, 1.82) is 0 Å². The van der Waals surface area contributed by atoms with E-state index in [-0.39, 0.29) is 0 Å². The Morgan fingerprint density at radius 1 is 0.778 bits per heavy atom. The Bertz CT molecular complexity index is 289. The third-order valence-corrected chi connectivity index (χ3v) is 3.41. The smallest absolute Gasteiger partial charge is 0.0340 e. The lowest BCUT2D eigenvalue weighted by molar-refractivity contribution is 0.581. The van der Waals surface area contributed by atoms with Crippen LogP contribution in [0.1, 0.15) is 63.9 Å². The van der Waals surface area contributed by atoms with E-state index >= 15 is 0 Å². The monoisotopic (exact) mass is 247 g/mol. The molecule has 0 bridgehead atoms. The van der Waals surface area contributed by atoms with Gasteiger partial charge in [-0.05, 0) is 25.5 Å². The quantitative estimate of drug-likeness (QED) is 0.535. The highest BCUT2D eigenvalue weighted by molar-refractivity contribution is 5.44. The zero-order valence-electron chi connectivity index (χ0n) is 12.2. The molecule has 0 heterocycles. The molecule has 0 spiro atoms. The molecule has 0 fully saturated rings. The maximum Gasteiger partial charge on any atom is 0.0340 e. The SMILES string of the molecule is CCCCCCCCCCNc1ccc(C)cc1. The van der Waals surface area contributed by atoms with Gasteiger partial charge in [0.25, 0.3) is 0 Å². The van der Waals surface area contributed by atoms with Gasteiger partial charge in [0.2, 0.25) is 0 Å². The molecule has 0 unspecified atom stereocenters. The van der Waals surface area contributed by atoms with Crippen LogP contribution < -0.4 is 5.32 Å². The van der Waals surface area contributed by atoms with Gasteiger partial charge in [0.05, 0.1) is 0 Å². The molecule has 0 saturated carbocycles. The minimum atomic E-state index is 1.11. The van der Waals surface area contributed by atoms with Crippen LogP contribution in [0.25, 0.3) is 0 Å². The van der Waals surface area contributed by atoms with E-state index in [0.717, 1.165) is 6.54 Å². The molecule has 0 aromatic heterocycles. The largest absolute Gasteiger partial charge is 0.385 e. The van der Waals surface area contributed by atoms with Crippen LogP contribution in [0.3, 0.4) is 0 Å². The van der Waals surface area contributed by atoms with Gasteiger partial charge in [0, 0.05) is 12.2 Å². The molecule has 1 heteroatoms. The van der Waals surface area contributed by atoms with Crippen LogP contribution >= 0.6 is 0 Å². The minimum Gasteiger partial charge on any atom is -0.385 e. The first-order valence-electron chi connectivity index (χ1n) is 7.63. The number of rotatable bonds is 10. The Kier molecular flexibility index (Phi) is 8.37. The summed E-state index contributed by atoms with van der Waals surface area (Å²) in [5.74, 6) is 0. The Morgan fingerprint density at radius 2 is 1.33 bits per heavy atom. The van der Waals surface area contributed by atoms with Crippen LogP contribution in [0.4, 0.5) is 5.69 Å². The van der Waals surface area contributed by atoms with E-state index in [4.69, 9.17) is 0 Å². The fraction of sp³-hybridized carbons (Fsp3) is 0.647. The minimum absolute atomic E-state index is 1.11. The van der Waals surface area contributed by atoms with Crippen molar-refractivity contribution < 1.29 is 0 Å². The van der Waals surface area contributed by atoms with Gasteiger partial charge in [-0.15, -0.1) is 0 Å². The predicted octanol–water partition coefficient (Wildman–Crippen LogP) is 5.55. The number of hydrogen-bond donors (Lipinski definition) is 1. The summed E-state index contributed by atoms with van der Waals surface area (Å²) >= 11 is 0.